The van der Waals surface area contributed by atoms with E-state index >= 15 is 0 Å². The van der Waals surface area contributed by atoms with Crippen LogP contribution in [0.5, 0.6) is 11.5 Å². The molecule has 0 fully saturated rings. The zero-order valence-corrected chi connectivity index (χ0v) is 18.1. The molecule has 1 aliphatic heterocycles. The van der Waals surface area contributed by atoms with Gasteiger partial charge in [-0.05, 0) is 36.4 Å². The Bertz CT molecular complexity index is 1240. The van der Waals surface area contributed by atoms with E-state index in [2.05, 4.69) is 10.2 Å². The molecule has 0 saturated carbocycles. The molecule has 9 heteroatoms. The standard InChI is InChI=1S/C24H18F2N2O4S/c25-18-6-8-20(9-7-18)29-13-21-27-28-24(31-21)33-14-17-11-19(26)10-16-12-30-23(32-22(16)17)15-4-2-1-3-5-15/h1-11,23H,12-14H2. The second-order valence-electron chi connectivity index (χ2n) is 7.22. The molecule has 0 radical (unpaired) electrons. The van der Waals surface area contributed by atoms with Gasteiger partial charge in [0.1, 0.15) is 23.1 Å². The van der Waals surface area contributed by atoms with Crippen LogP contribution in [-0.2, 0) is 23.7 Å². The predicted molar refractivity (Wildman–Crippen MR) is 116 cm³/mol. The van der Waals surface area contributed by atoms with Crippen LogP contribution < -0.4 is 9.47 Å². The van der Waals surface area contributed by atoms with Crippen molar-refractivity contribution in [3.05, 3.63) is 101 Å². The van der Waals surface area contributed by atoms with E-state index in [-0.39, 0.29) is 30.7 Å². The lowest BCUT2D eigenvalue weighted by atomic mass is 10.1. The first-order valence-corrected chi connectivity index (χ1v) is 11.1. The van der Waals surface area contributed by atoms with Gasteiger partial charge in [-0.3, -0.25) is 0 Å². The Labute approximate surface area is 192 Å². The molecule has 1 unspecified atom stereocenters. The van der Waals surface area contributed by atoms with Gasteiger partial charge in [-0.2, -0.15) is 0 Å². The summed E-state index contributed by atoms with van der Waals surface area (Å²) >= 11 is 1.26. The average molecular weight is 468 g/mol. The Morgan fingerprint density at radius 1 is 0.970 bits per heavy atom. The minimum atomic E-state index is -0.563. The highest BCUT2D eigenvalue weighted by atomic mass is 32.2. The van der Waals surface area contributed by atoms with E-state index in [9.17, 15) is 8.78 Å². The van der Waals surface area contributed by atoms with E-state index in [1.165, 1.54) is 48.2 Å². The molecule has 1 atom stereocenters. The van der Waals surface area contributed by atoms with E-state index in [0.717, 1.165) is 5.56 Å². The van der Waals surface area contributed by atoms with Crippen LogP contribution in [0.3, 0.4) is 0 Å². The molecule has 6 nitrogen and oxygen atoms in total. The Morgan fingerprint density at radius 3 is 2.61 bits per heavy atom. The molecule has 33 heavy (non-hydrogen) atoms. The summed E-state index contributed by atoms with van der Waals surface area (Å²) in [4.78, 5) is 0. The van der Waals surface area contributed by atoms with Gasteiger partial charge in [0, 0.05) is 22.4 Å². The topological polar surface area (TPSA) is 66.6 Å². The van der Waals surface area contributed by atoms with Crippen LogP contribution in [0.1, 0.15) is 28.9 Å². The molecule has 3 aromatic carbocycles. The maximum Gasteiger partial charge on any atom is 0.277 e. The van der Waals surface area contributed by atoms with Crippen molar-refractivity contribution in [3.8, 4) is 11.5 Å². The Hall–Kier alpha value is -3.43. The van der Waals surface area contributed by atoms with Gasteiger partial charge in [0.25, 0.3) is 11.1 Å². The van der Waals surface area contributed by atoms with Gasteiger partial charge in [0.15, 0.2) is 6.61 Å². The zero-order chi connectivity index (χ0) is 22.6. The summed E-state index contributed by atoms with van der Waals surface area (Å²) in [5.74, 6) is 1.02. The predicted octanol–water partition coefficient (Wildman–Crippen LogP) is 5.83. The molecule has 0 N–H and O–H groups in total. The Morgan fingerprint density at radius 2 is 1.79 bits per heavy atom. The lowest BCUT2D eigenvalue weighted by Gasteiger charge is -2.28. The highest BCUT2D eigenvalue weighted by Gasteiger charge is 2.25. The van der Waals surface area contributed by atoms with Crippen molar-refractivity contribution in [1.82, 2.24) is 10.2 Å². The van der Waals surface area contributed by atoms with Crippen molar-refractivity contribution in [2.24, 2.45) is 0 Å². The summed E-state index contributed by atoms with van der Waals surface area (Å²) in [7, 11) is 0. The zero-order valence-electron chi connectivity index (χ0n) is 17.2. The summed E-state index contributed by atoms with van der Waals surface area (Å²) in [6, 6.07) is 18.1. The second kappa shape index (κ2) is 9.60. The first-order chi connectivity index (χ1) is 16.1. The minimum absolute atomic E-state index is 0.0494. The Kier molecular flexibility index (Phi) is 6.23. The first-order valence-electron chi connectivity index (χ1n) is 10.1. The van der Waals surface area contributed by atoms with Crippen LogP contribution in [-0.4, -0.2) is 10.2 Å². The normalized spacial score (nSPS) is 15.0. The lowest BCUT2D eigenvalue weighted by molar-refractivity contribution is -0.112. The Balaban J connectivity index is 1.25. The van der Waals surface area contributed by atoms with E-state index < -0.39 is 6.29 Å². The molecule has 168 valence electrons. The van der Waals surface area contributed by atoms with E-state index in [1.807, 2.05) is 30.3 Å². The summed E-state index contributed by atoms with van der Waals surface area (Å²) in [5.41, 5.74) is 2.20. The van der Waals surface area contributed by atoms with Crippen molar-refractivity contribution < 1.29 is 27.4 Å². The van der Waals surface area contributed by atoms with Gasteiger partial charge >= 0.3 is 0 Å². The number of hydrogen-bond acceptors (Lipinski definition) is 7. The fourth-order valence-electron chi connectivity index (χ4n) is 3.33. The van der Waals surface area contributed by atoms with Crippen LogP contribution >= 0.6 is 11.8 Å². The van der Waals surface area contributed by atoms with Gasteiger partial charge in [0.05, 0.1) is 6.61 Å². The highest BCUT2D eigenvalue weighted by molar-refractivity contribution is 7.98. The number of thioether (sulfide) groups is 1. The SMILES string of the molecule is Fc1ccc(OCc2nnc(SCc3cc(F)cc4c3OC(c3ccccc3)OC4)o2)cc1. The molecule has 1 aromatic heterocycles. The molecule has 4 aromatic rings. The fourth-order valence-corrected chi connectivity index (χ4v) is 4.08. The minimum Gasteiger partial charge on any atom is -0.484 e. The molecule has 0 bridgehead atoms. The highest BCUT2D eigenvalue weighted by Crippen LogP contribution is 2.38. The van der Waals surface area contributed by atoms with Gasteiger partial charge < -0.3 is 18.6 Å². The van der Waals surface area contributed by atoms with Crippen molar-refractivity contribution in [3.63, 3.8) is 0 Å². The van der Waals surface area contributed by atoms with Crippen molar-refractivity contribution in [2.75, 3.05) is 0 Å². The monoisotopic (exact) mass is 468 g/mol. The van der Waals surface area contributed by atoms with Crippen LogP contribution in [0.15, 0.2) is 76.4 Å². The number of hydrogen-bond donors (Lipinski definition) is 0. The number of ether oxygens (including phenoxy) is 3. The third-order valence-corrected chi connectivity index (χ3v) is 5.74. The van der Waals surface area contributed by atoms with Gasteiger partial charge in [-0.15, -0.1) is 10.2 Å². The second-order valence-corrected chi connectivity index (χ2v) is 8.14. The number of benzene rings is 3. The first kappa shape index (κ1) is 21.4. The van der Waals surface area contributed by atoms with Crippen molar-refractivity contribution in [2.45, 2.75) is 30.5 Å². The van der Waals surface area contributed by atoms with E-state index in [4.69, 9.17) is 18.6 Å². The summed E-state index contributed by atoms with van der Waals surface area (Å²) in [6.45, 7) is 0.295. The number of rotatable bonds is 7. The molecular weight excluding hydrogens is 450 g/mol. The number of aromatic nitrogens is 2. The molecular formula is C24H18F2N2O4S. The average Bonchev–Trinajstić information content (AvgIpc) is 3.30. The summed E-state index contributed by atoms with van der Waals surface area (Å²) < 4.78 is 50.1. The summed E-state index contributed by atoms with van der Waals surface area (Å²) in [6.07, 6.45) is -0.563. The maximum absolute atomic E-state index is 14.2. The smallest absolute Gasteiger partial charge is 0.277 e. The fraction of sp³-hybridized carbons (Fsp3) is 0.167. The van der Waals surface area contributed by atoms with Crippen LogP contribution in [0.25, 0.3) is 0 Å². The quantitative estimate of drug-likeness (QED) is 0.316. The molecule has 0 spiro atoms. The van der Waals surface area contributed by atoms with Gasteiger partial charge in [-0.1, -0.05) is 42.1 Å². The summed E-state index contributed by atoms with van der Waals surface area (Å²) in [5, 5.41) is 8.27. The number of halogens is 2. The molecule has 1 aliphatic rings. The van der Waals surface area contributed by atoms with Crippen LogP contribution in [0.2, 0.25) is 0 Å². The van der Waals surface area contributed by atoms with Crippen molar-refractivity contribution >= 4 is 11.8 Å². The van der Waals surface area contributed by atoms with Gasteiger partial charge in [0.2, 0.25) is 6.29 Å². The molecule has 2 heterocycles. The largest absolute Gasteiger partial charge is 0.484 e. The van der Waals surface area contributed by atoms with Crippen LogP contribution in [0.4, 0.5) is 8.78 Å². The van der Waals surface area contributed by atoms with Crippen molar-refractivity contribution in [1.29, 1.82) is 0 Å². The molecule has 0 saturated heterocycles. The van der Waals surface area contributed by atoms with Gasteiger partial charge in [-0.25, -0.2) is 8.78 Å². The van der Waals surface area contributed by atoms with E-state index in [0.29, 0.717) is 33.6 Å². The molecule has 5 rings (SSSR count). The number of nitrogens with zero attached hydrogens (tertiary/aromatic N) is 2. The maximum atomic E-state index is 14.2. The van der Waals surface area contributed by atoms with Crippen LogP contribution in [0, 0.1) is 11.6 Å². The number of fused-ring (bicyclic) bond motifs is 1. The third-order valence-electron chi connectivity index (χ3n) is 4.87. The third kappa shape index (κ3) is 5.15. The van der Waals surface area contributed by atoms with E-state index in [1.54, 1.807) is 0 Å². The molecule has 0 amide bonds. The lowest BCUT2D eigenvalue weighted by Crippen LogP contribution is -2.19. The molecule has 0 aliphatic carbocycles.